The number of nitrogens with zero attached hydrogens (tertiary/aromatic N) is 1. The summed E-state index contributed by atoms with van der Waals surface area (Å²) in [5.41, 5.74) is 1.12. The summed E-state index contributed by atoms with van der Waals surface area (Å²) in [7, 11) is 0.558. The molecule has 0 aliphatic rings. The van der Waals surface area contributed by atoms with Gasteiger partial charge in [0.05, 0.1) is 36.3 Å². The van der Waals surface area contributed by atoms with Gasteiger partial charge >= 0.3 is 0 Å². The third-order valence-corrected chi connectivity index (χ3v) is 8.42. The Bertz CT molecular complexity index is 1500. The van der Waals surface area contributed by atoms with Crippen molar-refractivity contribution in [1.29, 1.82) is 0 Å². The molecule has 0 saturated heterocycles. The van der Waals surface area contributed by atoms with E-state index in [1.165, 1.54) is 49.0 Å². The van der Waals surface area contributed by atoms with Crippen molar-refractivity contribution in [3.63, 3.8) is 0 Å². The molecular weight excluding hydrogens is 500 g/mol. The van der Waals surface area contributed by atoms with E-state index in [2.05, 4.69) is 5.32 Å². The number of amides is 1. The van der Waals surface area contributed by atoms with Crippen LogP contribution in [0.25, 0.3) is 10.1 Å². The molecule has 0 bridgehead atoms. The van der Waals surface area contributed by atoms with Gasteiger partial charge in [-0.05, 0) is 73.0 Å². The fraction of sp³-hybridized carbons (Fsp3) is 0.192. The van der Waals surface area contributed by atoms with Crippen molar-refractivity contribution in [3.8, 4) is 17.2 Å². The maximum Gasteiger partial charge on any atom is 0.265 e. The molecule has 1 aromatic heterocycles. The Morgan fingerprint density at radius 3 is 2.33 bits per heavy atom. The summed E-state index contributed by atoms with van der Waals surface area (Å²) in [6.45, 7) is 2.48. The summed E-state index contributed by atoms with van der Waals surface area (Å²) < 4.78 is 44.5. The zero-order valence-electron chi connectivity index (χ0n) is 20.3. The Hall–Kier alpha value is -3.76. The molecule has 188 valence electrons. The molecule has 0 aliphatic heterocycles. The lowest BCUT2D eigenvalue weighted by molar-refractivity contribution is 0.103. The number of nitrogens with one attached hydrogen (secondary N) is 1. The number of ether oxygens (including phenoxy) is 3. The van der Waals surface area contributed by atoms with Crippen molar-refractivity contribution in [2.24, 2.45) is 0 Å². The molecule has 1 N–H and O–H groups in total. The molecule has 8 nitrogen and oxygen atoms in total. The molecule has 3 aromatic carbocycles. The number of thiophene rings is 1. The van der Waals surface area contributed by atoms with Gasteiger partial charge in [-0.3, -0.25) is 9.10 Å². The minimum atomic E-state index is -3.86. The minimum Gasteiger partial charge on any atom is -0.494 e. The summed E-state index contributed by atoms with van der Waals surface area (Å²) in [5.74, 6) is 1.25. The molecule has 1 amide bonds. The van der Waals surface area contributed by atoms with Crippen molar-refractivity contribution in [3.05, 3.63) is 71.6 Å². The number of carbonyl (C=O) groups is 1. The zero-order valence-corrected chi connectivity index (χ0v) is 21.9. The molecule has 0 aliphatic carbocycles. The van der Waals surface area contributed by atoms with Crippen molar-refractivity contribution in [2.75, 3.05) is 37.5 Å². The minimum absolute atomic E-state index is 0.0727. The highest BCUT2D eigenvalue weighted by Crippen LogP contribution is 2.34. The van der Waals surface area contributed by atoms with Crippen LogP contribution in [-0.4, -0.2) is 42.2 Å². The Kier molecular flexibility index (Phi) is 7.37. The topological polar surface area (TPSA) is 94.2 Å². The third-order valence-electron chi connectivity index (χ3n) is 5.52. The van der Waals surface area contributed by atoms with Gasteiger partial charge < -0.3 is 19.5 Å². The molecule has 1 heterocycles. The second-order valence-corrected chi connectivity index (χ2v) is 10.8. The summed E-state index contributed by atoms with van der Waals surface area (Å²) in [6, 6.07) is 18.6. The Morgan fingerprint density at radius 1 is 0.944 bits per heavy atom. The fourth-order valence-corrected chi connectivity index (χ4v) is 5.75. The second-order valence-electron chi connectivity index (χ2n) is 7.73. The Morgan fingerprint density at radius 2 is 1.67 bits per heavy atom. The van der Waals surface area contributed by atoms with Crippen LogP contribution in [0.15, 0.2) is 71.6 Å². The number of hydrogen-bond donors (Lipinski definition) is 1. The van der Waals surface area contributed by atoms with Crippen LogP contribution in [0.2, 0.25) is 0 Å². The first-order chi connectivity index (χ1) is 17.3. The number of hydrogen-bond acceptors (Lipinski definition) is 7. The lowest BCUT2D eigenvalue weighted by Gasteiger charge is -2.20. The number of anilines is 2. The highest BCUT2D eigenvalue weighted by Gasteiger charge is 2.24. The summed E-state index contributed by atoms with van der Waals surface area (Å²) in [4.78, 5) is 13.4. The second kappa shape index (κ2) is 10.5. The molecule has 0 radical (unpaired) electrons. The molecule has 4 aromatic rings. The molecule has 0 spiro atoms. The first-order valence-corrected chi connectivity index (χ1v) is 13.3. The highest BCUT2D eigenvalue weighted by atomic mass is 32.2. The molecular formula is C26H26N2O6S2. The van der Waals surface area contributed by atoms with Crippen LogP contribution in [0.5, 0.6) is 17.2 Å². The van der Waals surface area contributed by atoms with Crippen molar-refractivity contribution in [1.82, 2.24) is 0 Å². The third kappa shape index (κ3) is 5.09. The van der Waals surface area contributed by atoms with E-state index < -0.39 is 10.0 Å². The van der Waals surface area contributed by atoms with E-state index in [1.54, 1.807) is 48.5 Å². The van der Waals surface area contributed by atoms with Crippen LogP contribution in [0.3, 0.4) is 0 Å². The van der Waals surface area contributed by atoms with Gasteiger partial charge in [-0.1, -0.05) is 0 Å². The number of methoxy groups -OCH3 is 2. The lowest BCUT2D eigenvalue weighted by atomic mass is 10.2. The van der Waals surface area contributed by atoms with E-state index in [9.17, 15) is 13.2 Å². The molecule has 4 rings (SSSR count). The number of benzene rings is 3. The predicted octanol–water partition coefficient (Wildman–Crippen LogP) is 5.39. The Labute approximate surface area is 214 Å². The maximum atomic E-state index is 13.3. The van der Waals surface area contributed by atoms with Gasteiger partial charge in [-0.2, -0.15) is 0 Å². The van der Waals surface area contributed by atoms with E-state index in [0.717, 1.165) is 15.8 Å². The number of carbonyl (C=O) groups excluding carboxylic acids is 1. The summed E-state index contributed by atoms with van der Waals surface area (Å²) >= 11 is 1.33. The Balaban J connectivity index is 1.56. The molecule has 36 heavy (non-hydrogen) atoms. The average molecular weight is 527 g/mol. The van der Waals surface area contributed by atoms with Crippen LogP contribution in [0.4, 0.5) is 11.4 Å². The zero-order chi connectivity index (χ0) is 25.9. The average Bonchev–Trinajstić information content (AvgIpc) is 3.32. The fourth-order valence-electron chi connectivity index (χ4n) is 3.61. The normalized spacial score (nSPS) is 11.2. The molecule has 0 atom stereocenters. The summed E-state index contributed by atoms with van der Waals surface area (Å²) in [6.07, 6.45) is 0. The van der Waals surface area contributed by atoms with E-state index in [4.69, 9.17) is 14.2 Å². The lowest BCUT2D eigenvalue weighted by Crippen LogP contribution is -2.26. The summed E-state index contributed by atoms with van der Waals surface area (Å²) in [5, 5.41) is 3.65. The van der Waals surface area contributed by atoms with E-state index in [0.29, 0.717) is 34.4 Å². The van der Waals surface area contributed by atoms with Crippen LogP contribution >= 0.6 is 11.3 Å². The van der Waals surface area contributed by atoms with Crippen LogP contribution in [-0.2, 0) is 10.0 Å². The number of rotatable bonds is 9. The van der Waals surface area contributed by atoms with E-state index >= 15 is 0 Å². The van der Waals surface area contributed by atoms with Gasteiger partial charge in [-0.25, -0.2) is 8.42 Å². The smallest absolute Gasteiger partial charge is 0.265 e. The number of fused-ring (bicyclic) bond motifs is 1. The first-order valence-electron chi connectivity index (χ1n) is 11.1. The van der Waals surface area contributed by atoms with Gasteiger partial charge in [-0.15, -0.1) is 11.3 Å². The van der Waals surface area contributed by atoms with Crippen LogP contribution in [0.1, 0.15) is 16.6 Å². The predicted molar refractivity (Wildman–Crippen MR) is 143 cm³/mol. The monoisotopic (exact) mass is 526 g/mol. The van der Waals surface area contributed by atoms with Crippen LogP contribution in [0, 0.1) is 0 Å². The van der Waals surface area contributed by atoms with E-state index in [1.807, 2.05) is 13.0 Å². The van der Waals surface area contributed by atoms with Crippen molar-refractivity contribution >= 4 is 48.7 Å². The van der Waals surface area contributed by atoms with Gasteiger partial charge in [0.1, 0.15) is 5.75 Å². The standard InChI is InChI=1S/C26H26N2O6S2/c1-5-34-20-9-6-18(7-10-20)27-26(29)25-15-17-14-19(8-13-24(17)35-25)28(2)36(30,31)21-11-12-22(32-3)23(16-21)33-4/h6-16H,5H2,1-4H3,(H,27,29). The largest absolute Gasteiger partial charge is 0.494 e. The molecule has 0 unspecified atom stereocenters. The quantitative estimate of drug-likeness (QED) is 0.314. The van der Waals surface area contributed by atoms with Gasteiger partial charge in [0.25, 0.3) is 15.9 Å². The van der Waals surface area contributed by atoms with Crippen LogP contribution < -0.4 is 23.8 Å². The SMILES string of the molecule is CCOc1ccc(NC(=O)c2cc3cc(N(C)S(=O)(=O)c4ccc(OC)c(OC)c4)ccc3s2)cc1. The molecule has 0 fully saturated rings. The van der Waals surface area contributed by atoms with Crippen molar-refractivity contribution < 1.29 is 27.4 Å². The van der Waals surface area contributed by atoms with Gasteiger partial charge in [0, 0.05) is 23.5 Å². The molecule has 10 heteroatoms. The first kappa shape index (κ1) is 25.3. The highest BCUT2D eigenvalue weighted by molar-refractivity contribution is 7.92. The van der Waals surface area contributed by atoms with Gasteiger partial charge in [0.15, 0.2) is 11.5 Å². The van der Waals surface area contributed by atoms with Gasteiger partial charge in [0.2, 0.25) is 0 Å². The molecule has 0 saturated carbocycles. The van der Waals surface area contributed by atoms with E-state index in [-0.39, 0.29) is 10.8 Å². The number of sulfonamides is 1. The van der Waals surface area contributed by atoms with Crippen molar-refractivity contribution in [2.45, 2.75) is 11.8 Å². The maximum absolute atomic E-state index is 13.3.